The second-order valence-corrected chi connectivity index (χ2v) is 5.76. The van der Waals surface area contributed by atoms with E-state index in [1.165, 1.54) is 0 Å². The lowest BCUT2D eigenvalue weighted by molar-refractivity contribution is 0.982. The van der Waals surface area contributed by atoms with Gasteiger partial charge in [0.1, 0.15) is 0 Å². The van der Waals surface area contributed by atoms with E-state index in [1.807, 2.05) is 37.3 Å². The van der Waals surface area contributed by atoms with Crippen LogP contribution in [0.5, 0.6) is 0 Å². The number of rotatable bonds is 4. The van der Waals surface area contributed by atoms with Crippen molar-refractivity contribution in [3.63, 3.8) is 0 Å². The van der Waals surface area contributed by atoms with Gasteiger partial charge < -0.3 is 10.6 Å². The van der Waals surface area contributed by atoms with E-state index in [0.29, 0.717) is 21.8 Å². The number of nitrogens with zero attached hydrogens (tertiary/aromatic N) is 3. The Morgan fingerprint density at radius 3 is 2.61 bits per heavy atom. The summed E-state index contributed by atoms with van der Waals surface area (Å²) in [5.41, 5.74) is 2.71. The first-order chi connectivity index (χ1) is 11.1. The van der Waals surface area contributed by atoms with Crippen LogP contribution in [-0.4, -0.2) is 15.2 Å². The molecule has 1 heterocycles. The number of nitrogens with one attached hydrogen (secondary N) is 2. The number of aryl methyl sites for hydroxylation is 1. The van der Waals surface area contributed by atoms with Gasteiger partial charge in [0.15, 0.2) is 5.82 Å². The fourth-order valence-corrected chi connectivity index (χ4v) is 2.34. The highest BCUT2D eigenvalue weighted by Crippen LogP contribution is 2.24. The first kappa shape index (κ1) is 15.5. The number of benzene rings is 2. The zero-order valence-corrected chi connectivity index (χ0v) is 13.7. The molecule has 7 heteroatoms. The molecule has 5 nitrogen and oxygen atoms in total. The van der Waals surface area contributed by atoms with Crippen LogP contribution in [-0.2, 0) is 0 Å². The Balaban J connectivity index is 1.81. The van der Waals surface area contributed by atoms with Crippen molar-refractivity contribution in [2.45, 2.75) is 6.92 Å². The molecule has 23 heavy (non-hydrogen) atoms. The average Bonchev–Trinajstić information content (AvgIpc) is 2.51. The monoisotopic (exact) mass is 345 g/mol. The van der Waals surface area contributed by atoms with Crippen molar-refractivity contribution in [1.82, 2.24) is 15.2 Å². The maximum atomic E-state index is 6.02. The van der Waals surface area contributed by atoms with Crippen LogP contribution in [0, 0.1) is 6.92 Å². The lowest BCUT2D eigenvalue weighted by atomic mass is 10.2. The molecule has 0 fully saturated rings. The van der Waals surface area contributed by atoms with Crippen LogP contribution in [0.15, 0.2) is 48.7 Å². The molecular weight excluding hydrogens is 333 g/mol. The number of anilines is 4. The van der Waals surface area contributed by atoms with Crippen molar-refractivity contribution < 1.29 is 0 Å². The van der Waals surface area contributed by atoms with Gasteiger partial charge in [-0.05, 0) is 42.8 Å². The summed E-state index contributed by atoms with van der Waals surface area (Å²) >= 11 is 12.0. The molecule has 0 radical (unpaired) electrons. The SMILES string of the molecule is Cc1ccc(Cl)cc1Nc1cnnc(Nc2cccc(Cl)c2)n1. The molecule has 0 aliphatic rings. The van der Waals surface area contributed by atoms with E-state index >= 15 is 0 Å². The summed E-state index contributed by atoms with van der Waals surface area (Å²) in [6, 6.07) is 12.9. The molecule has 3 aromatic rings. The van der Waals surface area contributed by atoms with Crippen molar-refractivity contribution >= 4 is 46.3 Å². The van der Waals surface area contributed by atoms with Gasteiger partial charge in [0.05, 0.1) is 6.20 Å². The molecule has 3 rings (SSSR count). The zero-order chi connectivity index (χ0) is 16.2. The van der Waals surface area contributed by atoms with Crippen molar-refractivity contribution in [3.05, 3.63) is 64.3 Å². The number of hydrogen-bond donors (Lipinski definition) is 2. The Labute approximate surface area is 143 Å². The van der Waals surface area contributed by atoms with Crippen LogP contribution in [0.25, 0.3) is 0 Å². The van der Waals surface area contributed by atoms with E-state index in [-0.39, 0.29) is 0 Å². The highest BCUT2D eigenvalue weighted by molar-refractivity contribution is 6.31. The third-order valence-electron chi connectivity index (χ3n) is 3.10. The summed E-state index contributed by atoms with van der Waals surface area (Å²) in [6.45, 7) is 1.98. The van der Waals surface area contributed by atoms with Crippen LogP contribution < -0.4 is 10.6 Å². The molecule has 2 N–H and O–H groups in total. The Hall–Kier alpha value is -2.37. The maximum Gasteiger partial charge on any atom is 0.249 e. The Morgan fingerprint density at radius 2 is 1.78 bits per heavy atom. The zero-order valence-electron chi connectivity index (χ0n) is 12.2. The van der Waals surface area contributed by atoms with Gasteiger partial charge in [0.2, 0.25) is 5.95 Å². The molecule has 0 spiro atoms. The van der Waals surface area contributed by atoms with E-state index in [0.717, 1.165) is 16.9 Å². The summed E-state index contributed by atoms with van der Waals surface area (Å²) in [6.07, 6.45) is 1.55. The largest absolute Gasteiger partial charge is 0.339 e. The molecule has 0 saturated carbocycles. The third kappa shape index (κ3) is 4.09. The molecule has 0 amide bonds. The first-order valence-electron chi connectivity index (χ1n) is 6.86. The highest BCUT2D eigenvalue weighted by Gasteiger charge is 2.05. The van der Waals surface area contributed by atoms with E-state index in [4.69, 9.17) is 23.2 Å². The molecule has 0 saturated heterocycles. The van der Waals surface area contributed by atoms with E-state index in [9.17, 15) is 0 Å². The fraction of sp³-hybridized carbons (Fsp3) is 0.0625. The third-order valence-corrected chi connectivity index (χ3v) is 3.57. The highest BCUT2D eigenvalue weighted by atomic mass is 35.5. The smallest absolute Gasteiger partial charge is 0.249 e. The van der Waals surface area contributed by atoms with E-state index in [1.54, 1.807) is 18.3 Å². The minimum absolute atomic E-state index is 0.372. The van der Waals surface area contributed by atoms with Gasteiger partial charge >= 0.3 is 0 Å². The predicted molar refractivity (Wildman–Crippen MR) is 94.0 cm³/mol. The minimum Gasteiger partial charge on any atom is -0.339 e. The molecule has 2 aromatic carbocycles. The average molecular weight is 346 g/mol. The van der Waals surface area contributed by atoms with Gasteiger partial charge in [-0.1, -0.05) is 35.3 Å². The topological polar surface area (TPSA) is 62.7 Å². The quantitative estimate of drug-likeness (QED) is 0.698. The predicted octanol–water partition coefficient (Wildman–Crippen LogP) is 4.97. The Bertz CT molecular complexity index is 838. The second-order valence-electron chi connectivity index (χ2n) is 4.88. The summed E-state index contributed by atoms with van der Waals surface area (Å²) in [5.74, 6) is 0.937. The van der Waals surface area contributed by atoms with Crippen LogP contribution in [0.1, 0.15) is 5.56 Å². The molecule has 0 unspecified atom stereocenters. The van der Waals surface area contributed by atoms with Gasteiger partial charge in [0, 0.05) is 21.4 Å². The van der Waals surface area contributed by atoms with Crippen molar-refractivity contribution in [2.24, 2.45) is 0 Å². The normalized spacial score (nSPS) is 10.4. The second kappa shape index (κ2) is 6.81. The number of aromatic nitrogens is 3. The first-order valence-corrected chi connectivity index (χ1v) is 7.61. The van der Waals surface area contributed by atoms with Gasteiger partial charge in [0.25, 0.3) is 0 Å². The number of hydrogen-bond acceptors (Lipinski definition) is 5. The fourth-order valence-electron chi connectivity index (χ4n) is 1.98. The standard InChI is InChI=1S/C16H13Cl2N5/c1-10-5-6-12(18)8-14(10)21-15-9-19-23-16(22-15)20-13-4-2-3-11(17)7-13/h2-9H,1H3,(H2,20,21,22,23). The van der Waals surface area contributed by atoms with Gasteiger partial charge in [-0.3, -0.25) is 0 Å². The Kier molecular flexibility index (Phi) is 4.60. The van der Waals surface area contributed by atoms with Gasteiger partial charge in [-0.15, -0.1) is 5.10 Å². The van der Waals surface area contributed by atoms with Gasteiger partial charge in [-0.2, -0.15) is 10.1 Å². The molecular formula is C16H13Cl2N5. The number of halogens is 2. The maximum absolute atomic E-state index is 6.02. The van der Waals surface area contributed by atoms with Crippen molar-refractivity contribution in [1.29, 1.82) is 0 Å². The van der Waals surface area contributed by atoms with E-state index < -0.39 is 0 Å². The summed E-state index contributed by atoms with van der Waals surface area (Å²) in [4.78, 5) is 4.38. The van der Waals surface area contributed by atoms with Crippen molar-refractivity contribution in [3.8, 4) is 0 Å². The van der Waals surface area contributed by atoms with Crippen LogP contribution in [0.2, 0.25) is 10.0 Å². The molecule has 0 aliphatic heterocycles. The molecule has 0 aliphatic carbocycles. The van der Waals surface area contributed by atoms with Gasteiger partial charge in [-0.25, -0.2) is 0 Å². The van der Waals surface area contributed by atoms with Crippen LogP contribution in [0.3, 0.4) is 0 Å². The Morgan fingerprint density at radius 1 is 0.957 bits per heavy atom. The molecule has 1 aromatic heterocycles. The lowest BCUT2D eigenvalue weighted by Gasteiger charge is -2.10. The van der Waals surface area contributed by atoms with Crippen LogP contribution in [0.4, 0.5) is 23.1 Å². The summed E-state index contributed by atoms with van der Waals surface area (Å²) < 4.78 is 0. The van der Waals surface area contributed by atoms with E-state index in [2.05, 4.69) is 25.8 Å². The molecule has 116 valence electrons. The summed E-state index contributed by atoms with van der Waals surface area (Å²) in [7, 11) is 0. The summed E-state index contributed by atoms with van der Waals surface area (Å²) in [5, 5.41) is 15.4. The molecule has 0 bridgehead atoms. The van der Waals surface area contributed by atoms with Crippen LogP contribution >= 0.6 is 23.2 Å². The van der Waals surface area contributed by atoms with Crippen molar-refractivity contribution in [2.75, 3.05) is 10.6 Å². The lowest BCUT2D eigenvalue weighted by Crippen LogP contribution is -2.03. The minimum atomic E-state index is 0.372. The molecule has 0 atom stereocenters.